The van der Waals surface area contributed by atoms with Crippen LogP contribution in [0.4, 0.5) is 0 Å². The molecule has 2 aliphatic carbocycles. The lowest BCUT2D eigenvalue weighted by molar-refractivity contribution is -0.190. The maximum Gasteiger partial charge on any atom is 0.303 e. The first-order chi connectivity index (χ1) is 11.5. The molecule has 2 rings (SSSR count). The number of aliphatic hydroxyl groups is 1. The summed E-state index contributed by atoms with van der Waals surface area (Å²) in [5, 5.41) is 11.2. The van der Waals surface area contributed by atoms with E-state index in [1.165, 1.54) is 13.8 Å². The van der Waals surface area contributed by atoms with E-state index in [-0.39, 0.29) is 23.4 Å². The van der Waals surface area contributed by atoms with Crippen LogP contribution >= 0.6 is 0 Å². The number of fused-ring (bicyclic) bond motifs is 1. The van der Waals surface area contributed by atoms with Crippen molar-refractivity contribution < 1.29 is 24.2 Å². The molecule has 0 bridgehead atoms. The van der Waals surface area contributed by atoms with Gasteiger partial charge in [-0.1, -0.05) is 33.4 Å². The van der Waals surface area contributed by atoms with Crippen LogP contribution in [0.3, 0.4) is 0 Å². The van der Waals surface area contributed by atoms with Crippen molar-refractivity contribution >= 4 is 11.9 Å². The highest BCUT2D eigenvalue weighted by molar-refractivity contribution is 5.67. The third kappa shape index (κ3) is 3.14. The van der Waals surface area contributed by atoms with E-state index in [4.69, 9.17) is 9.47 Å². The van der Waals surface area contributed by atoms with E-state index in [2.05, 4.69) is 20.4 Å². The van der Waals surface area contributed by atoms with Gasteiger partial charge >= 0.3 is 11.9 Å². The predicted octanol–water partition coefficient (Wildman–Crippen LogP) is 3.17. The summed E-state index contributed by atoms with van der Waals surface area (Å²) in [6, 6.07) is 0. The monoisotopic (exact) mass is 350 g/mol. The number of esters is 2. The maximum atomic E-state index is 11.7. The Bertz CT molecular complexity index is 618. The average molecular weight is 350 g/mol. The molecule has 1 fully saturated rings. The number of hydrogen-bond acceptors (Lipinski definition) is 5. The Morgan fingerprint density at radius 1 is 1.20 bits per heavy atom. The molecule has 0 aliphatic heterocycles. The van der Waals surface area contributed by atoms with Crippen molar-refractivity contribution in [2.24, 2.45) is 16.7 Å². The number of carbonyl (C=O) groups is 2. The summed E-state index contributed by atoms with van der Waals surface area (Å²) in [6.45, 7) is 14.8. The first-order valence-electron chi connectivity index (χ1n) is 8.83. The molecular formula is C20H30O5. The fourth-order valence-electron chi connectivity index (χ4n) is 5.24. The van der Waals surface area contributed by atoms with Crippen molar-refractivity contribution in [1.29, 1.82) is 0 Å². The average Bonchev–Trinajstić information content (AvgIpc) is 2.46. The van der Waals surface area contributed by atoms with Gasteiger partial charge in [-0.15, -0.1) is 0 Å². The number of ether oxygens (including phenoxy) is 2. The minimum atomic E-state index is -0.869. The standard InChI is InChI=1S/C20H30O5/c1-8-14-11(2)17(25-13(4)22)16(23)18-19(5,6)10-9-15(20(14,18)7)24-12(3)21/h8,15-18,23H,1,9-10H2,2-7H3/t15-,16+,17+,18-,20-/m0/s1. The van der Waals surface area contributed by atoms with Gasteiger partial charge in [0, 0.05) is 25.2 Å². The fourth-order valence-corrected chi connectivity index (χ4v) is 5.24. The molecule has 0 heterocycles. The number of rotatable bonds is 3. The summed E-state index contributed by atoms with van der Waals surface area (Å²) in [4.78, 5) is 23.2. The smallest absolute Gasteiger partial charge is 0.303 e. The van der Waals surface area contributed by atoms with Crippen molar-refractivity contribution in [2.45, 2.75) is 72.7 Å². The van der Waals surface area contributed by atoms with Crippen molar-refractivity contribution in [3.05, 3.63) is 23.8 Å². The number of carbonyl (C=O) groups excluding carboxylic acids is 2. The number of hydrogen-bond donors (Lipinski definition) is 1. The Hall–Kier alpha value is -1.62. The highest BCUT2D eigenvalue weighted by Gasteiger charge is 2.61. The third-order valence-corrected chi connectivity index (χ3v) is 6.10. The van der Waals surface area contributed by atoms with Crippen LogP contribution in [0.25, 0.3) is 0 Å². The highest BCUT2D eigenvalue weighted by atomic mass is 16.6. The Morgan fingerprint density at radius 3 is 2.24 bits per heavy atom. The largest absolute Gasteiger partial charge is 0.462 e. The lowest BCUT2D eigenvalue weighted by Crippen LogP contribution is -2.62. The molecule has 0 aromatic rings. The van der Waals surface area contributed by atoms with Gasteiger partial charge in [-0.2, -0.15) is 0 Å². The summed E-state index contributed by atoms with van der Waals surface area (Å²) in [6.07, 6.45) is 1.35. The number of allylic oxidation sites excluding steroid dienone is 1. The van der Waals surface area contributed by atoms with E-state index in [1.807, 2.05) is 13.8 Å². The van der Waals surface area contributed by atoms with Gasteiger partial charge in [-0.25, -0.2) is 0 Å². The predicted molar refractivity (Wildman–Crippen MR) is 94.6 cm³/mol. The van der Waals surface area contributed by atoms with Gasteiger partial charge in [0.1, 0.15) is 12.2 Å². The van der Waals surface area contributed by atoms with Crippen molar-refractivity contribution in [2.75, 3.05) is 0 Å². The highest BCUT2D eigenvalue weighted by Crippen LogP contribution is 2.60. The van der Waals surface area contributed by atoms with Crippen LogP contribution in [0.5, 0.6) is 0 Å². The summed E-state index contributed by atoms with van der Waals surface area (Å²) in [5.41, 5.74) is 0.868. The Labute approximate surface area is 150 Å². The molecule has 0 aromatic heterocycles. The molecule has 5 heteroatoms. The van der Waals surface area contributed by atoms with E-state index in [0.717, 1.165) is 24.0 Å². The lowest BCUT2D eigenvalue weighted by Gasteiger charge is -2.59. The zero-order valence-corrected chi connectivity index (χ0v) is 16.1. The van der Waals surface area contributed by atoms with Crippen LogP contribution in [0.2, 0.25) is 0 Å². The molecule has 0 unspecified atom stereocenters. The molecule has 1 saturated carbocycles. The number of aliphatic hydroxyl groups excluding tert-OH is 1. The first-order valence-corrected chi connectivity index (χ1v) is 8.83. The van der Waals surface area contributed by atoms with Crippen LogP contribution in [0, 0.1) is 16.7 Å². The van der Waals surface area contributed by atoms with Gasteiger partial charge in [-0.3, -0.25) is 9.59 Å². The van der Waals surface area contributed by atoms with Gasteiger partial charge in [0.25, 0.3) is 0 Å². The Morgan fingerprint density at radius 2 is 1.76 bits per heavy atom. The first kappa shape index (κ1) is 19.7. The van der Waals surface area contributed by atoms with E-state index >= 15 is 0 Å². The van der Waals surface area contributed by atoms with Gasteiger partial charge in [0.15, 0.2) is 0 Å². The summed E-state index contributed by atoms with van der Waals surface area (Å²) >= 11 is 0. The normalized spacial score (nSPS) is 37.1. The van der Waals surface area contributed by atoms with Crippen molar-refractivity contribution in [3.8, 4) is 0 Å². The van der Waals surface area contributed by atoms with Crippen LogP contribution in [0.15, 0.2) is 23.8 Å². The molecule has 25 heavy (non-hydrogen) atoms. The van der Waals surface area contributed by atoms with Crippen LogP contribution in [-0.2, 0) is 19.1 Å². The second-order valence-corrected chi connectivity index (χ2v) is 8.21. The molecule has 5 atom stereocenters. The molecular weight excluding hydrogens is 320 g/mol. The van der Waals surface area contributed by atoms with Gasteiger partial charge in [0.2, 0.25) is 0 Å². The van der Waals surface area contributed by atoms with Crippen LogP contribution in [0.1, 0.15) is 54.4 Å². The fraction of sp³-hybridized carbons (Fsp3) is 0.700. The molecule has 0 spiro atoms. The zero-order valence-electron chi connectivity index (χ0n) is 16.1. The van der Waals surface area contributed by atoms with E-state index < -0.39 is 23.6 Å². The minimum Gasteiger partial charge on any atom is -0.462 e. The topological polar surface area (TPSA) is 72.8 Å². The molecule has 0 saturated heterocycles. The lowest BCUT2D eigenvalue weighted by atomic mass is 9.48. The molecule has 1 N–H and O–H groups in total. The molecule has 2 aliphatic rings. The van der Waals surface area contributed by atoms with Crippen LogP contribution < -0.4 is 0 Å². The quantitative estimate of drug-likeness (QED) is 0.792. The summed E-state index contributed by atoms with van der Waals surface area (Å²) in [7, 11) is 0. The van der Waals surface area contributed by atoms with E-state index in [1.54, 1.807) is 6.08 Å². The molecule has 140 valence electrons. The second kappa shape index (κ2) is 6.60. The zero-order chi connectivity index (χ0) is 19.2. The molecule has 0 amide bonds. The van der Waals surface area contributed by atoms with Crippen molar-refractivity contribution in [3.63, 3.8) is 0 Å². The molecule has 5 nitrogen and oxygen atoms in total. The second-order valence-electron chi connectivity index (χ2n) is 8.21. The van der Waals surface area contributed by atoms with Gasteiger partial charge in [-0.05, 0) is 36.3 Å². The van der Waals surface area contributed by atoms with Crippen LogP contribution in [-0.4, -0.2) is 35.4 Å². The molecule has 0 radical (unpaired) electrons. The summed E-state index contributed by atoms with van der Waals surface area (Å²) < 4.78 is 11.1. The summed E-state index contributed by atoms with van der Waals surface area (Å²) in [5.74, 6) is -0.998. The minimum absolute atomic E-state index is 0.210. The maximum absolute atomic E-state index is 11.7. The Balaban J connectivity index is 2.67. The van der Waals surface area contributed by atoms with E-state index in [9.17, 15) is 14.7 Å². The molecule has 0 aromatic carbocycles. The van der Waals surface area contributed by atoms with Crippen molar-refractivity contribution in [1.82, 2.24) is 0 Å². The SMILES string of the molecule is C=CC1=C(C)[C@@H](OC(C)=O)[C@@H](O)[C@H]2C(C)(C)CC[C@H](OC(C)=O)[C@]12C. The Kier molecular flexibility index (Phi) is 5.20. The van der Waals surface area contributed by atoms with Gasteiger partial charge in [0.05, 0.1) is 6.10 Å². The van der Waals surface area contributed by atoms with E-state index in [0.29, 0.717) is 0 Å². The third-order valence-electron chi connectivity index (χ3n) is 6.10. The van der Waals surface area contributed by atoms with Gasteiger partial charge < -0.3 is 14.6 Å².